The molecule has 106 valence electrons. The van der Waals surface area contributed by atoms with Gasteiger partial charge in [-0.1, -0.05) is 25.1 Å². The van der Waals surface area contributed by atoms with Gasteiger partial charge in [0.1, 0.15) is 5.82 Å². The fraction of sp³-hybridized carbons (Fsp3) is 0.188. The number of imidazole rings is 1. The number of pyridine rings is 1. The van der Waals surface area contributed by atoms with Gasteiger partial charge in [-0.2, -0.15) is 0 Å². The van der Waals surface area contributed by atoms with Gasteiger partial charge >= 0.3 is 5.97 Å². The Hall–Kier alpha value is -2.69. The minimum Gasteiger partial charge on any atom is -0.481 e. The second-order valence-electron chi connectivity index (χ2n) is 4.79. The van der Waals surface area contributed by atoms with Crippen molar-refractivity contribution in [3.8, 4) is 5.69 Å². The first-order valence-electron chi connectivity index (χ1n) is 6.82. The summed E-state index contributed by atoms with van der Waals surface area (Å²) >= 11 is 0. The van der Waals surface area contributed by atoms with Gasteiger partial charge in [-0.15, -0.1) is 0 Å². The smallest absolute Gasteiger partial charge is 0.309 e. The number of rotatable bonds is 4. The Kier molecular flexibility index (Phi) is 3.39. The number of fused-ring (bicyclic) bond motifs is 1. The number of benzene rings is 1. The molecule has 1 N–H and O–H groups in total. The van der Waals surface area contributed by atoms with Crippen molar-refractivity contribution in [2.45, 2.75) is 19.8 Å². The summed E-state index contributed by atoms with van der Waals surface area (Å²) in [6.07, 6.45) is 4.36. The highest BCUT2D eigenvalue weighted by atomic mass is 16.4. The van der Waals surface area contributed by atoms with Gasteiger partial charge in [0.15, 0.2) is 0 Å². The molecule has 0 saturated carbocycles. The summed E-state index contributed by atoms with van der Waals surface area (Å²) in [5, 5.41) is 9.99. The second-order valence-corrected chi connectivity index (χ2v) is 4.79. The average molecular weight is 281 g/mol. The highest BCUT2D eigenvalue weighted by molar-refractivity contribution is 5.88. The summed E-state index contributed by atoms with van der Waals surface area (Å²) in [7, 11) is 0. The SMILES string of the molecule is CCc1nccn1-c1cc(CC(=O)O)nc2ccccc12. The first-order valence-corrected chi connectivity index (χ1v) is 6.82. The number of para-hydroxylation sites is 1. The minimum atomic E-state index is -0.884. The lowest BCUT2D eigenvalue weighted by atomic mass is 10.1. The van der Waals surface area contributed by atoms with Gasteiger partial charge in [-0.3, -0.25) is 9.78 Å². The highest BCUT2D eigenvalue weighted by Gasteiger charge is 2.11. The van der Waals surface area contributed by atoms with Crippen molar-refractivity contribution in [1.82, 2.24) is 14.5 Å². The standard InChI is InChI=1S/C16H15N3O2/c1-2-15-17-7-8-19(15)14-9-11(10-16(20)21)18-13-6-4-3-5-12(13)14/h3-9H,2,10H2,1H3,(H,20,21). The summed E-state index contributed by atoms with van der Waals surface area (Å²) in [4.78, 5) is 19.7. The van der Waals surface area contributed by atoms with E-state index in [0.29, 0.717) is 5.69 Å². The van der Waals surface area contributed by atoms with E-state index in [0.717, 1.165) is 28.8 Å². The molecular formula is C16H15N3O2. The second kappa shape index (κ2) is 5.36. The molecule has 5 nitrogen and oxygen atoms in total. The molecule has 0 aliphatic carbocycles. The van der Waals surface area contributed by atoms with Crippen molar-refractivity contribution in [2.75, 3.05) is 0 Å². The molecule has 0 unspecified atom stereocenters. The first-order chi connectivity index (χ1) is 10.2. The maximum Gasteiger partial charge on any atom is 0.309 e. The van der Waals surface area contributed by atoms with E-state index in [4.69, 9.17) is 5.11 Å². The lowest BCUT2D eigenvalue weighted by Gasteiger charge is -2.12. The van der Waals surface area contributed by atoms with Gasteiger partial charge in [-0.05, 0) is 12.1 Å². The molecule has 5 heteroatoms. The highest BCUT2D eigenvalue weighted by Crippen LogP contribution is 2.23. The number of aliphatic carboxylic acids is 1. The summed E-state index contributed by atoms with van der Waals surface area (Å²) in [5.74, 6) is 0.0534. The number of aryl methyl sites for hydroxylation is 1. The van der Waals surface area contributed by atoms with E-state index in [2.05, 4.69) is 9.97 Å². The lowest BCUT2D eigenvalue weighted by molar-refractivity contribution is -0.136. The molecule has 2 aromatic heterocycles. The third-order valence-corrected chi connectivity index (χ3v) is 3.37. The molecule has 3 aromatic rings. The molecule has 0 radical (unpaired) electrons. The topological polar surface area (TPSA) is 68.0 Å². The summed E-state index contributed by atoms with van der Waals surface area (Å²) < 4.78 is 2.00. The molecule has 0 atom stereocenters. The van der Waals surface area contributed by atoms with Crippen LogP contribution in [0.25, 0.3) is 16.6 Å². The summed E-state index contributed by atoms with van der Waals surface area (Å²) in [6.45, 7) is 2.04. The predicted octanol–water partition coefficient (Wildman–Crippen LogP) is 2.61. The predicted molar refractivity (Wildman–Crippen MR) is 79.6 cm³/mol. The zero-order valence-corrected chi connectivity index (χ0v) is 11.7. The summed E-state index contributed by atoms with van der Waals surface area (Å²) in [6, 6.07) is 9.57. The Balaban J connectivity index is 2.26. The van der Waals surface area contributed by atoms with E-state index in [1.807, 2.05) is 48.0 Å². The van der Waals surface area contributed by atoms with Gasteiger partial charge in [0.25, 0.3) is 0 Å². The molecule has 0 fully saturated rings. The van der Waals surface area contributed by atoms with Crippen LogP contribution in [0, 0.1) is 0 Å². The maximum absolute atomic E-state index is 11.0. The zero-order valence-electron chi connectivity index (χ0n) is 11.7. The van der Waals surface area contributed by atoms with Crippen molar-refractivity contribution in [2.24, 2.45) is 0 Å². The number of hydrogen-bond donors (Lipinski definition) is 1. The number of aromatic nitrogens is 3. The third-order valence-electron chi connectivity index (χ3n) is 3.37. The Labute approximate surface area is 121 Å². The number of carboxylic acids is 1. The Morgan fingerprint density at radius 1 is 1.33 bits per heavy atom. The average Bonchev–Trinajstić information content (AvgIpc) is 2.94. The number of carboxylic acid groups (broad SMARTS) is 1. The van der Waals surface area contributed by atoms with Crippen LogP contribution in [0.2, 0.25) is 0 Å². The van der Waals surface area contributed by atoms with Gasteiger partial charge in [0, 0.05) is 24.2 Å². The van der Waals surface area contributed by atoms with Crippen LogP contribution >= 0.6 is 0 Å². The maximum atomic E-state index is 11.0. The number of hydrogen-bond acceptors (Lipinski definition) is 3. The fourth-order valence-electron chi connectivity index (χ4n) is 2.47. The molecule has 0 aliphatic rings. The van der Waals surface area contributed by atoms with Crippen molar-refractivity contribution >= 4 is 16.9 Å². The van der Waals surface area contributed by atoms with Crippen molar-refractivity contribution in [1.29, 1.82) is 0 Å². The van der Waals surface area contributed by atoms with Crippen molar-refractivity contribution in [3.05, 3.63) is 54.2 Å². The molecule has 0 spiro atoms. The third kappa shape index (κ3) is 2.50. The van der Waals surface area contributed by atoms with E-state index in [1.165, 1.54) is 0 Å². The molecule has 1 aromatic carbocycles. The van der Waals surface area contributed by atoms with Crippen LogP contribution in [-0.2, 0) is 17.6 Å². The van der Waals surface area contributed by atoms with Crippen LogP contribution in [-0.4, -0.2) is 25.6 Å². The van der Waals surface area contributed by atoms with Gasteiger partial charge in [0.2, 0.25) is 0 Å². The Bertz CT molecular complexity index is 808. The van der Waals surface area contributed by atoms with E-state index < -0.39 is 5.97 Å². The van der Waals surface area contributed by atoms with Crippen molar-refractivity contribution < 1.29 is 9.90 Å². The van der Waals surface area contributed by atoms with Crippen LogP contribution in [0.1, 0.15) is 18.4 Å². The molecule has 0 aliphatic heterocycles. The number of carbonyl (C=O) groups is 1. The van der Waals surface area contributed by atoms with E-state index in [9.17, 15) is 4.79 Å². The van der Waals surface area contributed by atoms with Crippen LogP contribution in [0.15, 0.2) is 42.7 Å². The van der Waals surface area contributed by atoms with Gasteiger partial charge < -0.3 is 9.67 Å². The molecule has 3 rings (SSSR count). The van der Waals surface area contributed by atoms with Crippen LogP contribution < -0.4 is 0 Å². The van der Waals surface area contributed by atoms with Crippen LogP contribution in [0.5, 0.6) is 0 Å². The van der Waals surface area contributed by atoms with Gasteiger partial charge in [0.05, 0.1) is 23.3 Å². The molecular weight excluding hydrogens is 266 g/mol. The zero-order chi connectivity index (χ0) is 14.8. The molecule has 0 amide bonds. The first kappa shape index (κ1) is 13.3. The summed E-state index contributed by atoms with van der Waals surface area (Å²) in [5.41, 5.74) is 2.26. The van der Waals surface area contributed by atoms with Gasteiger partial charge in [-0.25, -0.2) is 4.98 Å². The molecule has 0 saturated heterocycles. The quantitative estimate of drug-likeness (QED) is 0.798. The number of nitrogens with zero attached hydrogens (tertiary/aromatic N) is 3. The van der Waals surface area contributed by atoms with E-state index in [1.54, 1.807) is 6.20 Å². The lowest BCUT2D eigenvalue weighted by Crippen LogP contribution is -2.06. The molecule has 2 heterocycles. The Morgan fingerprint density at radius 2 is 2.14 bits per heavy atom. The van der Waals surface area contributed by atoms with Crippen molar-refractivity contribution in [3.63, 3.8) is 0 Å². The van der Waals surface area contributed by atoms with Crippen LogP contribution in [0.4, 0.5) is 0 Å². The van der Waals surface area contributed by atoms with E-state index in [-0.39, 0.29) is 6.42 Å². The monoisotopic (exact) mass is 281 g/mol. The minimum absolute atomic E-state index is 0.0893. The fourth-order valence-corrected chi connectivity index (χ4v) is 2.47. The van der Waals surface area contributed by atoms with E-state index >= 15 is 0 Å². The molecule has 0 bridgehead atoms. The largest absolute Gasteiger partial charge is 0.481 e. The normalized spacial score (nSPS) is 10.9. The Morgan fingerprint density at radius 3 is 2.90 bits per heavy atom. The van der Waals surface area contributed by atoms with Crippen LogP contribution in [0.3, 0.4) is 0 Å². The molecule has 21 heavy (non-hydrogen) atoms.